The molecule has 3 rings (SSSR count). The van der Waals surface area contributed by atoms with E-state index < -0.39 is 26.7 Å². The van der Waals surface area contributed by atoms with Crippen molar-refractivity contribution in [1.29, 1.82) is 0 Å². The lowest BCUT2D eigenvalue weighted by molar-refractivity contribution is -0.137. The molecule has 2 amide bonds. The molecule has 10 heteroatoms. The second-order valence-electron chi connectivity index (χ2n) is 6.08. The quantitative estimate of drug-likeness (QED) is 0.742. The molecule has 0 saturated carbocycles. The third kappa shape index (κ3) is 5.07. The average molecular weight is 423 g/mol. The first-order valence-electron chi connectivity index (χ1n) is 8.48. The van der Waals surface area contributed by atoms with E-state index in [9.17, 15) is 26.4 Å². The molecule has 2 aromatic carbocycles. The van der Waals surface area contributed by atoms with Crippen molar-refractivity contribution in [3.8, 4) is 11.8 Å². The monoisotopic (exact) mass is 423 g/mol. The lowest BCUT2D eigenvalue weighted by atomic mass is 10.2. The van der Waals surface area contributed by atoms with Crippen molar-refractivity contribution in [3.63, 3.8) is 0 Å². The summed E-state index contributed by atoms with van der Waals surface area (Å²) in [7, 11) is -4.13. The Morgan fingerprint density at radius 3 is 2.48 bits per heavy atom. The van der Waals surface area contributed by atoms with Crippen LogP contribution in [-0.2, 0) is 16.2 Å². The molecule has 2 aromatic rings. The van der Waals surface area contributed by atoms with Gasteiger partial charge in [0.1, 0.15) is 0 Å². The summed E-state index contributed by atoms with van der Waals surface area (Å²) in [5, 5.41) is 2.70. The highest BCUT2D eigenvalue weighted by Gasteiger charge is 2.31. The van der Waals surface area contributed by atoms with Gasteiger partial charge in [0.05, 0.1) is 17.0 Å². The van der Waals surface area contributed by atoms with E-state index in [1.165, 1.54) is 0 Å². The van der Waals surface area contributed by atoms with Crippen molar-refractivity contribution in [2.45, 2.75) is 11.1 Å². The number of carbonyl (C=O) groups excluding carboxylic acids is 1. The fourth-order valence-electron chi connectivity index (χ4n) is 2.64. The molecule has 1 saturated heterocycles. The van der Waals surface area contributed by atoms with E-state index in [4.69, 9.17) is 0 Å². The molecule has 1 fully saturated rings. The minimum Gasteiger partial charge on any atom is -0.336 e. The molecule has 29 heavy (non-hydrogen) atoms. The average Bonchev–Trinajstić information content (AvgIpc) is 3.11. The summed E-state index contributed by atoms with van der Waals surface area (Å²) in [4.78, 5) is 12.7. The predicted molar refractivity (Wildman–Crippen MR) is 101 cm³/mol. The number of nitrogens with one attached hydrogen (secondary N) is 2. The number of hydrogen-bond acceptors (Lipinski definition) is 3. The first kappa shape index (κ1) is 20.7. The van der Waals surface area contributed by atoms with Crippen LogP contribution in [0.15, 0.2) is 53.4 Å². The minimum atomic E-state index is -4.63. The number of alkyl halides is 3. The summed E-state index contributed by atoms with van der Waals surface area (Å²) in [5.74, 6) is 5.37. The number of sulfonamides is 1. The largest absolute Gasteiger partial charge is 0.416 e. The zero-order valence-electron chi connectivity index (χ0n) is 15.0. The molecule has 6 nitrogen and oxygen atoms in total. The molecule has 152 valence electrons. The number of amides is 2. The van der Waals surface area contributed by atoms with Crippen molar-refractivity contribution in [2.24, 2.45) is 0 Å². The van der Waals surface area contributed by atoms with Crippen LogP contribution in [0.3, 0.4) is 0 Å². The first-order valence-corrected chi connectivity index (χ1v) is 9.96. The van der Waals surface area contributed by atoms with Gasteiger partial charge < -0.3 is 5.32 Å². The van der Waals surface area contributed by atoms with Crippen LogP contribution in [0.25, 0.3) is 0 Å². The lowest BCUT2D eigenvalue weighted by Crippen LogP contribution is -2.27. The van der Waals surface area contributed by atoms with Crippen LogP contribution in [0.5, 0.6) is 0 Å². The van der Waals surface area contributed by atoms with E-state index in [2.05, 4.69) is 21.9 Å². The summed E-state index contributed by atoms with van der Waals surface area (Å²) in [6.07, 6.45) is -4.63. The Bertz CT molecular complexity index is 1070. The molecule has 0 spiro atoms. The number of anilines is 1. The maximum Gasteiger partial charge on any atom is 0.416 e. The van der Waals surface area contributed by atoms with E-state index in [0.717, 1.165) is 23.9 Å². The number of rotatable bonds is 4. The van der Waals surface area contributed by atoms with Crippen LogP contribution in [0.2, 0.25) is 0 Å². The van der Waals surface area contributed by atoms with Crippen LogP contribution < -0.4 is 14.9 Å². The Hall–Kier alpha value is -3.03. The Morgan fingerprint density at radius 1 is 1.14 bits per heavy atom. The Kier molecular flexibility index (Phi) is 5.81. The fraction of sp³-hybridized carbons (Fsp3) is 0.211. The van der Waals surface area contributed by atoms with Crippen molar-refractivity contribution in [2.75, 3.05) is 24.5 Å². The Balaban J connectivity index is 1.63. The minimum absolute atomic E-state index is 0.173. The predicted octanol–water partition coefficient (Wildman–Crippen LogP) is 2.57. The van der Waals surface area contributed by atoms with E-state index in [0.29, 0.717) is 24.7 Å². The van der Waals surface area contributed by atoms with Gasteiger partial charge in [0.15, 0.2) is 0 Å². The third-order valence-corrected chi connectivity index (χ3v) is 5.49. The van der Waals surface area contributed by atoms with Gasteiger partial charge >= 0.3 is 12.2 Å². The van der Waals surface area contributed by atoms with Gasteiger partial charge in [0.25, 0.3) is 0 Å². The standard InChI is InChI=1S/C19H16F3N3O3S/c20-19(21,22)15-4-1-5-17(13-15)29(27,28)24-10-2-3-14-6-8-16(9-7-14)25-12-11-23-18(25)26/h1,4-9,13,24H,10-12H2,(H,23,26). The maximum atomic E-state index is 12.7. The van der Waals surface area contributed by atoms with Crippen LogP contribution >= 0.6 is 0 Å². The van der Waals surface area contributed by atoms with Crippen LogP contribution in [-0.4, -0.2) is 34.1 Å². The number of nitrogens with zero attached hydrogens (tertiary/aromatic N) is 1. The number of halogens is 3. The summed E-state index contributed by atoms with van der Waals surface area (Å²) in [6.45, 7) is 0.877. The molecule has 0 radical (unpaired) electrons. The molecule has 0 atom stereocenters. The number of hydrogen-bond donors (Lipinski definition) is 2. The number of carbonyl (C=O) groups is 1. The highest BCUT2D eigenvalue weighted by Crippen LogP contribution is 2.30. The van der Waals surface area contributed by atoms with Crippen molar-refractivity contribution >= 4 is 21.7 Å². The topological polar surface area (TPSA) is 78.5 Å². The highest BCUT2D eigenvalue weighted by molar-refractivity contribution is 7.89. The van der Waals surface area contributed by atoms with Gasteiger partial charge in [0.2, 0.25) is 10.0 Å². The van der Waals surface area contributed by atoms with Crippen LogP contribution in [0, 0.1) is 11.8 Å². The molecule has 2 N–H and O–H groups in total. The van der Waals surface area contributed by atoms with Gasteiger partial charge in [-0.3, -0.25) is 4.90 Å². The van der Waals surface area contributed by atoms with Gasteiger partial charge in [0, 0.05) is 24.3 Å². The van der Waals surface area contributed by atoms with E-state index in [1.807, 2.05) is 0 Å². The summed E-state index contributed by atoms with van der Waals surface area (Å²) < 4.78 is 64.7. The summed E-state index contributed by atoms with van der Waals surface area (Å²) >= 11 is 0. The van der Waals surface area contributed by atoms with E-state index >= 15 is 0 Å². The van der Waals surface area contributed by atoms with Gasteiger partial charge in [-0.2, -0.15) is 17.9 Å². The molecule has 1 aliphatic heterocycles. The molecular formula is C19H16F3N3O3S. The zero-order valence-corrected chi connectivity index (χ0v) is 15.8. The SMILES string of the molecule is O=C1NCCN1c1ccc(C#CCNS(=O)(=O)c2cccc(C(F)(F)F)c2)cc1. The van der Waals surface area contributed by atoms with Gasteiger partial charge in [-0.1, -0.05) is 17.9 Å². The molecule has 1 heterocycles. The van der Waals surface area contributed by atoms with Crippen LogP contribution in [0.1, 0.15) is 11.1 Å². The number of benzene rings is 2. The smallest absolute Gasteiger partial charge is 0.336 e. The lowest BCUT2D eigenvalue weighted by Gasteiger charge is -2.13. The third-order valence-electron chi connectivity index (χ3n) is 4.09. The maximum absolute atomic E-state index is 12.7. The Labute approximate surface area is 165 Å². The number of urea groups is 1. The fourth-order valence-corrected chi connectivity index (χ4v) is 3.61. The second kappa shape index (κ2) is 8.14. The summed E-state index contributed by atoms with van der Waals surface area (Å²) in [6, 6.07) is 10.1. The molecule has 0 unspecified atom stereocenters. The molecule has 0 aromatic heterocycles. The Morgan fingerprint density at radius 2 is 1.86 bits per heavy atom. The van der Waals surface area contributed by atoms with Gasteiger partial charge in [-0.05, 0) is 42.5 Å². The second-order valence-corrected chi connectivity index (χ2v) is 7.85. The highest BCUT2D eigenvalue weighted by atomic mass is 32.2. The normalized spacial score (nSPS) is 14.3. The van der Waals surface area contributed by atoms with E-state index in [1.54, 1.807) is 29.2 Å². The van der Waals surface area contributed by atoms with Gasteiger partial charge in [-0.25, -0.2) is 13.2 Å². The van der Waals surface area contributed by atoms with Crippen molar-refractivity contribution in [1.82, 2.24) is 10.0 Å². The molecule has 1 aliphatic rings. The first-order chi connectivity index (χ1) is 13.7. The van der Waals surface area contributed by atoms with Crippen molar-refractivity contribution in [3.05, 3.63) is 59.7 Å². The summed E-state index contributed by atoms with van der Waals surface area (Å²) in [5.41, 5.74) is 0.278. The molecule has 0 aliphatic carbocycles. The van der Waals surface area contributed by atoms with E-state index in [-0.39, 0.29) is 12.6 Å². The molecule has 0 bridgehead atoms. The van der Waals surface area contributed by atoms with Gasteiger partial charge in [-0.15, -0.1) is 0 Å². The molecular weight excluding hydrogens is 407 g/mol. The van der Waals surface area contributed by atoms with Crippen LogP contribution in [0.4, 0.5) is 23.7 Å². The zero-order chi connectivity index (χ0) is 21.1. The van der Waals surface area contributed by atoms with Crippen molar-refractivity contribution < 1.29 is 26.4 Å².